The average Bonchev–Trinajstić information content (AvgIpc) is 3.72. The largest absolute Gasteiger partial charge is 0.307 e. The SMILES string of the molecule is c1ccc(-c2cccc(N(c3c(-n4c5ccccc5c5ccccc54)ccc4ccccc34)c3cccc4c3sc3ccccc34)c2)cc1. The number of nitrogens with zero attached hydrogens (tertiary/aromatic N) is 2. The van der Waals surface area contributed by atoms with Gasteiger partial charge in [0.05, 0.1) is 32.8 Å². The van der Waals surface area contributed by atoms with Gasteiger partial charge in [-0.1, -0.05) is 140 Å². The van der Waals surface area contributed by atoms with Crippen molar-refractivity contribution < 1.29 is 0 Å². The minimum absolute atomic E-state index is 1.12. The van der Waals surface area contributed by atoms with Gasteiger partial charge in [0.25, 0.3) is 0 Å². The Morgan fingerprint density at radius 2 is 1.04 bits per heavy atom. The van der Waals surface area contributed by atoms with E-state index in [1.54, 1.807) is 0 Å². The number of hydrogen-bond donors (Lipinski definition) is 0. The normalized spacial score (nSPS) is 11.7. The highest BCUT2D eigenvalue weighted by molar-refractivity contribution is 7.26. The predicted octanol–water partition coefficient (Wildman–Crippen LogP) is 13.4. The third-order valence-electron chi connectivity index (χ3n) is 9.76. The van der Waals surface area contributed by atoms with Crippen LogP contribution in [-0.4, -0.2) is 4.57 Å². The maximum absolute atomic E-state index is 2.52. The van der Waals surface area contributed by atoms with Crippen molar-refractivity contribution in [3.8, 4) is 16.8 Å². The molecule has 0 unspecified atom stereocenters. The predicted molar refractivity (Wildman–Crippen MR) is 211 cm³/mol. The molecule has 2 nitrogen and oxygen atoms in total. The maximum Gasteiger partial charge on any atom is 0.0781 e. The molecule has 0 bridgehead atoms. The van der Waals surface area contributed by atoms with Crippen molar-refractivity contribution in [2.24, 2.45) is 0 Å². The summed E-state index contributed by atoms with van der Waals surface area (Å²) >= 11 is 1.87. The molecule has 0 aliphatic carbocycles. The molecule has 0 N–H and O–H groups in total. The van der Waals surface area contributed by atoms with E-state index < -0.39 is 0 Å². The number of para-hydroxylation sites is 2. The van der Waals surface area contributed by atoms with Crippen molar-refractivity contribution in [2.45, 2.75) is 0 Å². The Morgan fingerprint density at radius 3 is 1.84 bits per heavy atom. The van der Waals surface area contributed by atoms with Gasteiger partial charge in [-0.2, -0.15) is 0 Å². The van der Waals surface area contributed by atoms with Crippen molar-refractivity contribution in [1.82, 2.24) is 4.57 Å². The second-order valence-corrected chi connectivity index (χ2v) is 13.6. The third kappa shape index (κ3) is 4.40. The quantitative estimate of drug-likeness (QED) is 0.181. The van der Waals surface area contributed by atoms with Gasteiger partial charge in [0, 0.05) is 37.3 Å². The zero-order valence-corrected chi connectivity index (χ0v) is 27.4. The molecule has 0 spiro atoms. The van der Waals surface area contributed by atoms with Crippen LogP contribution in [0.25, 0.3) is 69.6 Å². The molecule has 0 saturated heterocycles. The van der Waals surface area contributed by atoms with E-state index in [1.165, 1.54) is 69.6 Å². The molecule has 0 saturated carbocycles. The zero-order valence-electron chi connectivity index (χ0n) is 26.6. The van der Waals surface area contributed by atoms with Crippen molar-refractivity contribution in [3.63, 3.8) is 0 Å². The Bertz CT molecular complexity index is 2790. The standard InChI is InChI=1S/C46H30N2S/c1-2-14-31(15-3-1)33-17-12-18-34(30-33)47(43-26-13-23-39-38-22-8-11-27-44(38)49-46(39)43)45-35-19-5-4-16-32(35)28-29-42(45)48-40-24-9-6-20-36(40)37-21-7-10-25-41(37)48/h1-30H. The third-order valence-corrected chi connectivity index (χ3v) is 11.0. The van der Waals surface area contributed by atoms with E-state index in [0.717, 1.165) is 17.1 Å². The first-order valence-corrected chi connectivity index (χ1v) is 17.5. The first-order valence-electron chi connectivity index (χ1n) is 16.7. The Balaban J connectivity index is 1.36. The number of hydrogen-bond acceptors (Lipinski definition) is 2. The molecule has 230 valence electrons. The van der Waals surface area contributed by atoms with Gasteiger partial charge in [-0.15, -0.1) is 11.3 Å². The van der Waals surface area contributed by atoms with E-state index in [1.807, 2.05) is 11.3 Å². The van der Waals surface area contributed by atoms with Gasteiger partial charge in [0.15, 0.2) is 0 Å². The van der Waals surface area contributed by atoms with Crippen LogP contribution >= 0.6 is 11.3 Å². The van der Waals surface area contributed by atoms with E-state index in [-0.39, 0.29) is 0 Å². The number of anilines is 3. The second kappa shape index (κ2) is 11.2. The monoisotopic (exact) mass is 642 g/mol. The molecule has 10 rings (SSSR count). The van der Waals surface area contributed by atoms with Gasteiger partial charge in [0.1, 0.15) is 0 Å². The number of aromatic nitrogens is 1. The van der Waals surface area contributed by atoms with Crippen LogP contribution in [0.15, 0.2) is 182 Å². The van der Waals surface area contributed by atoms with E-state index in [9.17, 15) is 0 Å². The highest BCUT2D eigenvalue weighted by Gasteiger charge is 2.25. The van der Waals surface area contributed by atoms with E-state index >= 15 is 0 Å². The first-order chi connectivity index (χ1) is 24.3. The summed E-state index contributed by atoms with van der Waals surface area (Å²) < 4.78 is 5.03. The Labute approximate surface area is 288 Å². The van der Waals surface area contributed by atoms with Crippen LogP contribution in [0.5, 0.6) is 0 Å². The fourth-order valence-electron chi connectivity index (χ4n) is 7.59. The molecule has 2 heterocycles. The molecule has 10 aromatic rings. The van der Waals surface area contributed by atoms with Crippen LogP contribution in [0.3, 0.4) is 0 Å². The summed E-state index contributed by atoms with van der Waals surface area (Å²) in [4.78, 5) is 2.52. The van der Waals surface area contributed by atoms with Gasteiger partial charge < -0.3 is 9.47 Å². The minimum atomic E-state index is 1.12. The summed E-state index contributed by atoms with van der Waals surface area (Å²) in [5.74, 6) is 0. The van der Waals surface area contributed by atoms with Gasteiger partial charge in [-0.05, 0) is 59.0 Å². The van der Waals surface area contributed by atoms with Crippen molar-refractivity contribution in [3.05, 3.63) is 182 Å². The fraction of sp³-hybridized carbons (Fsp3) is 0. The van der Waals surface area contributed by atoms with E-state index in [4.69, 9.17) is 0 Å². The maximum atomic E-state index is 2.52. The summed E-state index contributed by atoms with van der Waals surface area (Å²) in [7, 11) is 0. The molecule has 8 aromatic carbocycles. The number of benzene rings is 8. The van der Waals surface area contributed by atoms with Crippen LogP contribution in [0, 0.1) is 0 Å². The lowest BCUT2D eigenvalue weighted by molar-refractivity contribution is 1.16. The van der Waals surface area contributed by atoms with Crippen molar-refractivity contribution >= 4 is 81.1 Å². The summed E-state index contributed by atoms with van der Waals surface area (Å²) in [6.07, 6.45) is 0. The molecule has 0 radical (unpaired) electrons. The number of fused-ring (bicyclic) bond motifs is 7. The minimum Gasteiger partial charge on any atom is -0.307 e. The lowest BCUT2D eigenvalue weighted by Crippen LogP contribution is -2.14. The van der Waals surface area contributed by atoms with Crippen molar-refractivity contribution in [2.75, 3.05) is 4.90 Å². The van der Waals surface area contributed by atoms with Crippen LogP contribution in [0.4, 0.5) is 17.1 Å². The number of rotatable bonds is 5. The number of thiophene rings is 1. The van der Waals surface area contributed by atoms with Gasteiger partial charge >= 0.3 is 0 Å². The summed E-state index contributed by atoms with van der Waals surface area (Å²) in [5, 5.41) is 7.48. The Kier molecular flexibility index (Phi) is 6.39. The highest BCUT2D eigenvalue weighted by Crippen LogP contribution is 2.49. The lowest BCUT2D eigenvalue weighted by atomic mass is 10.0. The lowest BCUT2D eigenvalue weighted by Gasteiger charge is -2.30. The van der Waals surface area contributed by atoms with Gasteiger partial charge in [0.2, 0.25) is 0 Å². The van der Waals surface area contributed by atoms with Gasteiger partial charge in [-0.3, -0.25) is 0 Å². The zero-order chi connectivity index (χ0) is 32.3. The summed E-state index contributed by atoms with van der Waals surface area (Å²) in [6.45, 7) is 0. The van der Waals surface area contributed by atoms with Crippen LogP contribution in [-0.2, 0) is 0 Å². The van der Waals surface area contributed by atoms with Crippen molar-refractivity contribution in [1.29, 1.82) is 0 Å². The molecule has 3 heteroatoms. The molecule has 0 amide bonds. The Hall–Kier alpha value is -6.16. The molecule has 0 aliphatic heterocycles. The summed E-state index contributed by atoms with van der Waals surface area (Å²) in [6, 6.07) is 66.3. The fourth-order valence-corrected chi connectivity index (χ4v) is 8.80. The summed E-state index contributed by atoms with van der Waals surface area (Å²) in [5.41, 5.74) is 9.35. The molecule has 0 atom stereocenters. The molecular formula is C46H30N2S. The molecule has 49 heavy (non-hydrogen) atoms. The van der Waals surface area contributed by atoms with Crippen LogP contribution in [0.2, 0.25) is 0 Å². The highest BCUT2D eigenvalue weighted by atomic mass is 32.1. The first kappa shape index (κ1) is 27.9. The van der Waals surface area contributed by atoms with Gasteiger partial charge in [-0.25, -0.2) is 0 Å². The Morgan fingerprint density at radius 1 is 0.429 bits per heavy atom. The molecule has 0 aliphatic rings. The van der Waals surface area contributed by atoms with Crippen LogP contribution < -0.4 is 4.90 Å². The van der Waals surface area contributed by atoms with Crippen LogP contribution in [0.1, 0.15) is 0 Å². The topological polar surface area (TPSA) is 8.17 Å². The average molecular weight is 643 g/mol. The molecule has 0 fully saturated rings. The molecular weight excluding hydrogens is 613 g/mol. The second-order valence-electron chi connectivity index (χ2n) is 12.5. The smallest absolute Gasteiger partial charge is 0.0781 e. The van der Waals surface area contributed by atoms with E-state index in [0.29, 0.717) is 0 Å². The molecule has 2 aromatic heterocycles. The van der Waals surface area contributed by atoms with E-state index in [2.05, 4.69) is 191 Å².